The maximum absolute atomic E-state index is 4.68. The molecular weight excluding hydrogens is 174 g/mol. The summed E-state index contributed by atoms with van der Waals surface area (Å²) in [5, 5.41) is 7.96. The molecule has 3 nitrogen and oxygen atoms in total. The Morgan fingerprint density at radius 3 is 2.64 bits per heavy atom. The molecule has 1 aromatic heterocycles. The molecule has 0 aliphatic heterocycles. The highest BCUT2D eigenvalue weighted by Gasteiger charge is 2.20. The highest BCUT2D eigenvalue weighted by Crippen LogP contribution is 2.29. The van der Waals surface area contributed by atoms with Crippen LogP contribution in [-0.4, -0.2) is 16.8 Å². The van der Waals surface area contributed by atoms with E-state index in [1.54, 1.807) is 0 Å². The molecule has 1 aliphatic rings. The Kier molecular flexibility index (Phi) is 2.48. The molecule has 0 aromatic carbocycles. The summed E-state index contributed by atoms with van der Waals surface area (Å²) in [6.45, 7) is 4.36. The average Bonchev–Trinajstić information content (AvgIpc) is 2.56. The molecular formula is C11H19N3. The van der Waals surface area contributed by atoms with Gasteiger partial charge in [-0.2, -0.15) is 5.10 Å². The average molecular weight is 193 g/mol. The lowest BCUT2D eigenvalue weighted by atomic mass is 9.97. The normalized spacial score (nSPS) is 15.7. The van der Waals surface area contributed by atoms with Gasteiger partial charge in [-0.15, -0.1) is 0 Å². The van der Waals surface area contributed by atoms with Crippen LogP contribution in [0.4, 0.5) is 5.82 Å². The fourth-order valence-corrected chi connectivity index (χ4v) is 2.21. The lowest BCUT2D eigenvalue weighted by molar-refractivity contribution is 0.531. The summed E-state index contributed by atoms with van der Waals surface area (Å²) < 4.78 is 2.12. The molecule has 0 radical (unpaired) electrons. The maximum atomic E-state index is 4.68. The molecule has 14 heavy (non-hydrogen) atoms. The fourth-order valence-electron chi connectivity index (χ4n) is 2.21. The van der Waals surface area contributed by atoms with Crippen molar-refractivity contribution in [3.05, 3.63) is 11.3 Å². The van der Waals surface area contributed by atoms with Gasteiger partial charge in [0.15, 0.2) is 0 Å². The van der Waals surface area contributed by atoms with E-state index in [1.807, 2.05) is 7.05 Å². The molecule has 1 aromatic rings. The van der Waals surface area contributed by atoms with Crippen LogP contribution in [0, 0.1) is 0 Å². The molecule has 0 amide bonds. The third-order valence-corrected chi connectivity index (χ3v) is 2.91. The highest BCUT2D eigenvalue weighted by molar-refractivity contribution is 5.48. The lowest BCUT2D eigenvalue weighted by Crippen LogP contribution is -2.07. The van der Waals surface area contributed by atoms with Crippen molar-refractivity contribution in [3.63, 3.8) is 0 Å². The molecule has 0 saturated carbocycles. The van der Waals surface area contributed by atoms with E-state index in [2.05, 4.69) is 28.9 Å². The van der Waals surface area contributed by atoms with Crippen molar-refractivity contribution >= 4 is 5.82 Å². The molecule has 0 bridgehead atoms. The van der Waals surface area contributed by atoms with Gasteiger partial charge in [-0.05, 0) is 39.5 Å². The summed E-state index contributed by atoms with van der Waals surface area (Å²) in [7, 11) is 1.99. The SMILES string of the molecule is CNc1c2c(nn1C(C)C)CCCC2. The molecule has 0 fully saturated rings. The molecule has 3 heteroatoms. The Morgan fingerprint density at radius 1 is 1.29 bits per heavy atom. The summed E-state index contributed by atoms with van der Waals surface area (Å²) in [5.41, 5.74) is 2.77. The van der Waals surface area contributed by atoms with E-state index in [0.29, 0.717) is 6.04 Å². The number of rotatable bonds is 2. The zero-order chi connectivity index (χ0) is 10.1. The molecule has 1 N–H and O–H groups in total. The number of anilines is 1. The molecule has 0 unspecified atom stereocenters. The van der Waals surface area contributed by atoms with Gasteiger partial charge < -0.3 is 5.32 Å². The molecule has 1 heterocycles. The van der Waals surface area contributed by atoms with E-state index < -0.39 is 0 Å². The van der Waals surface area contributed by atoms with E-state index in [4.69, 9.17) is 0 Å². The largest absolute Gasteiger partial charge is 0.373 e. The van der Waals surface area contributed by atoms with Crippen LogP contribution in [0.5, 0.6) is 0 Å². The van der Waals surface area contributed by atoms with Crippen molar-refractivity contribution in [1.82, 2.24) is 9.78 Å². The summed E-state index contributed by atoms with van der Waals surface area (Å²) in [5.74, 6) is 1.23. The van der Waals surface area contributed by atoms with Crippen molar-refractivity contribution < 1.29 is 0 Å². The van der Waals surface area contributed by atoms with Crippen LogP contribution in [0.3, 0.4) is 0 Å². The maximum Gasteiger partial charge on any atom is 0.127 e. The van der Waals surface area contributed by atoms with Gasteiger partial charge >= 0.3 is 0 Å². The van der Waals surface area contributed by atoms with Crippen molar-refractivity contribution in [2.24, 2.45) is 0 Å². The first-order valence-electron chi connectivity index (χ1n) is 5.52. The summed E-state index contributed by atoms with van der Waals surface area (Å²) >= 11 is 0. The summed E-state index contributed by atoms with van der Waals surface area (Å²) in [4.78, 5) is 0. The van der Waals surface area contributed by atoms with Gasteiger partial charge in [0, 0.05) is 18.7 Å². The standard InChI is InChI=1S/C11H19N3/c1-8(2)14-11(12-3)9-6-4-5-7-10(9)13-14/h8,12H,4-7H2,1-3H3. The van der Waals surface area contributed by atoms with E-state index in [1.165, 1.54) is 36.3 Å². The minimum Gasteiger partial charge on any atom is -0.373 e. The van der Waals surface area contributed by atoms with Crippen molar-refractivity contribution in [2.75, 3.05) is 12.4 Å². The van der Waals surface area contributed by atoms with Gasteiger partial charge in [0.1, 0.15) is 5.82 Å². The third-order valence-electron chi connectivity index (χ3n) is 2.91. The predicted molar refractivity (Wildman–Crippen MR) is 58.8 cm³/mol. The third kappa shape index (κ3) is 1.41. The van der Waals surface area contributed by atoms with Gasteiger partial charge in [0.25, 0.3) is 0 Å². The van der Waals surface area contributed by atoms with Crippen molar-refractivity contribution in [2.45, 2.75) is 45.6 Å². The second kappa shape index (κ2) is 3.64. The van der Waals surface area contributed by atoms with Crippen molar-refractivity contribution in [1.29, 1.82) is 0 Å². The van der Waals surface area contributed by atoms with E-state index >= 15 is 0 Å². The van der Waals surface area contributed by atoms with Crippen LogP contribution >= 0.6 is 0 Å². The minimum absolute atomic E-state index is 0.447. The Morgan fingerprint density at radius 2 is 2.00 bits per heavy atom. The molecule has 1 aliphatic carbocycles. The molecule has 0 saturated heterocycles. The van der Waals surface area contributed by atoms with Crippen LogP contribution in [0.1, 0.15) is 44.0 Å². The first-order valence-corrected chi connectivity index (χ1v) is 5.52. The molecule has 2 rings (SSSR count). The lowest BCUT2D eigenvalue weighted by Gasteiger charge is -2.12. The quantitative estimate of drug-likeness (QED) is 0.781. The van der Waals surface area contributed by atoms with Crippen LogP contribution in [-0.2, 0) is 12.8 Å². The van der Waals surface area contributed by atoms with Gasteiger partial charge in [-0.1, -0.05) is 0 Å². The van der Waals surface area contributed by atoms with Crippen LogP contribution < -0.4 is 5.32 Å². The molecule has 0 spiro atoms. The summed E-state index contributed by atoms with van der Waals surface area (Å²) in [6, 6.07) is 0.447. The second-order valence-corrected chi connectivity index (χ2v) is 4.27. The smallest absolute Gasteiger partial charge is 0.127 e. The zero-order valence-electron chi connectivity index (χ0n) is 9.30. The van der Waals surface area contributed by atoms with Crippen molar-refractivity contribution in [3.8, 4) is 0 Å². The van der Waals surface area contributed by atoms with Crippen LogP contribution in [0.15, 0.2) is 0 Å². The number of nitrogens with one attached hydrogen (secondary N) is 1. The zero-order valence-corrected chi connectivity index (χ0v) is 9.30. The van der Waals surface area contributed by atoms with Gasteiger partial charge in [-0.25, -0.2) is 4.68 Å². The van der Waals surface area contributed by atoms with Gasteiger partial charge in [0.2, 0.25) is 0 Å². The van der Waals surface area contributed by atoms with Gasteiger partial charge in [0.05, 0.1) is 5.69 Å². The summed E-state index contributed by atoms with van der Waals surface area (Å²) in [6.07, 6.45) is 4.96. The Labute approximate surface area is 85.5 Å². The Balaban J connectivity index is 2.46. The Bertz CT molecular complexity index is 326. The first-order chi connectivity index (χ1) is 6.74. The topological polar surface area (TPSA) is 29.9 Å². The number of aromatic nitrogens is 2. The monoisotopic (exact) mass is 193 g/mol. The number of fused-ring (bicyclic) bond motifs is 1. The van der Waals surface area contributed by atoms with E-state index in [9.17, 15) is 0 Å². The highest BCUT2D eigenvalue weighted by atomic mass is 15.3. The number of hydrogen-bond acceptors (Lipinski definition) is 2. The number of aryl methyl sites for hydroxylation is 1. The molecule has 78 valence electrons. The van der Waals surface area contributed by atoms with E-state index in [0.717, 1.165) is 6.42 Å². The Hall–Kier alpha value is -0.990. The van der Waals surface area contributed by atoms with E-state index in [-0.39, 0.29) is 0 Å². The van der Waals surface area contributed by atoms with Crippen LogP contribution in [0.25, 0.3) is 0 Å². The fraction of sp³-hybridized carbons (Fsp3) is 0.727. The second-order valence-electron chi connectivity index (χ2n) is 4.27. The van der Waals surface area contributed by atoms with Gasteiger partial charge in [-0.3, -0.25) is 0 Å². The number of hydrogen-bond donors (Lipinski definition) is 1. The number of nitrogens with zero attached hydrogens (tertiary/aromatic N) is 2. The predicted octanol–water partition coefficient (Wildman–Crippen LogP) is 2.38. The van der Waals surface area contributed by atoms with Crippen LogP contribution in [0.2, 0.25) is 0 Å². The minimum atomic E-state index is 0.447. The first kappa shape index (κ1) is 9.56. The molecule has 0 atom stereocenters.